The zero-order chi connectivity index (χ0) is 10.9. The first-order valence-corrected chi connectivity index (χ1v) is 4.95. The Hall–Kier alpha value is -1.08. The SMILES string of the molecule is CC(C)(C)c1cc(C#N)c(O)c(Br)n1. The van der Waals surface area contributed by atoms with Crippen LogP contribution in [-0.2, 0) is 5.41 Å². The van der Waals surface area contributed by atoms with Crippen LogP contribution >= 0.6 is 15.9 Å². The molecule has 0 aliphatic heterocycles. The molecule has 3 nitrogen and oxygen atoms in total. The second-order valence-corrected chi connectivity index (χ2v) is 4.81. The van der Waals surface area contributed by atoms with Crippen LogP contribution in [-0.4, -0.2) is 10.1 Å². The lowest BCUT2D eigenvalue weighted by atomic mass is 9.91. The van der Waals surface area contributed by atoms with Gasteiger partial charge in [0.1, 0.15) is 10.7 Å². The lowest BCUT2D eigenvalue weighted by Gasteiger charge is -2.18. The third-order valence-corrected chi connectivity index (χ3v) is 2.39. The van der Waals surface area contributed by atoms with Crippen LogP contribution in [0.25, 0.3) is 0 Å². The van der Waals surface area contributed by atoms with E-state index in [9.17, 15) is 5.11 Å². The summed E-state index contributed by atoms with van der Waals surface area (Å²) in [6.45, 7) is 6.00. The van der Waals surface area contributed by atoms with Crippen LogP contribution in [0.2, 0.25) is 0 Å². The molecule has 0 aliphatic carbocycles. The van der Waals surface area contributed by atoms with Crippen molar-refractivity contribution in [2.45, 2.75) is 26.2 Å². The van der Waals surface area contributed by atoms with Crippen LogP contribution in [0.4, 0.5) is 0 Å². The van der Waals surface area contributed by atoms with E-state index in [-0.39, 0.29) is 16.7 Å². The number of halogens is 1. The molecular weight excluding hydrogens is 244 g/mol. The fraction of sp³-hybridized carbons (Fsp3) is 0.400. The Morgan fingerprint density at radius 2 is 2.07 bits per heavy atom. The summed E-state index contributed by atoms with van der Waals surface area (Å²) in [5, 5.41) is 18.2. The van der Waals surface area contributed by atoms with E-state index in [4.69, 9.17) is 5.26 Å². The highest BCUT2D eigenvalue weighted by Gasteiger charge is 2.19. The maximum atomic E-state index is 9.46. The summed E-state index contributed by atoms with van der Waals surface area (Å²) in [6.07, 6.45) is 0. The highest BCUT2D eigenvalue weighted by atomic mass is 79.9. The molecular formula is C10H11BrN2O. The molecule has 0 radical (unpaired) electrons. The first kappa shape index (κ1) is 11.0. The normalized spacial score (nSPS) is 11.1. The average molecular weight is 255 g/mol. The van der Waals surface area contributed by atoms with Crippen molar-refractivity contribution in [2.24, 2.45) is 0 Å². The molecule has 0 saturated carbocycles. The van der Waals surface area contributed by atoms with Crippen molar-refractivity contribution in [1.29, 1.82) is 5.26 Å². The van der Waals surface area contributed by atoms with Gasteiger partial charge in [0, 0.05) is 11.1 Å². The van der Waals surface area contributed by atoms with Gasteiger partial charge in [-0.1, -0.05) is 20.8 Å². The monoisotopic (exact) mass is 254 g/mol. The minimum atomic E-state index is -0.137. The standard InChI is InChI=1S/C10H11BrN2O/c1-10(2,3)7-4-6(5-12)8(14)9(11)13-7/h4,14H,1-3H3. The summed E-state index contributed by atoms with van der Waals surface area (Å²) < 4.78 is 0.321. The van der Waals surface area contributed by atoms with Gasteiger partial charge >= 0.3 is 0 Å². The quantitative estimate of drug-likeness (QED) is 0.725. The molecule has 1 rings (SSSR count). The molecule has 1 heterocycles. The molecule has 1 aromatic rings. The Balaban J connectivity index is 3.40. The molecule has 0 saturated heterocycles. The first-order valence-electron chi connectivity index (χ1n) is 4.16. The molecule has 1 N–H and O–H groups in total. The lowest BCUT2D eigenvalue weighted by Crippen LogP contribution is -2.13. The van der Waals surface area contributed by atoms with Gasteiger partial charge in [-0.3, -0.25) is 0 Å². The van der Waals surface area contributed by atoms with E-state index in [1.165, 1.54) is 0 Å². The van der Waals surface area contributed by atoms with Gasteiger partial charge in [0.2, 0.25) is 0 Å². The van der Waals surface area contributed by atoms with Gasteiger partial charge in [-0.25, -0.2) is 4.98 Å². The fourth-order valence-corrected chi connectivity index (χ4v) is 1.38. The molecule has 0 bridgehead atoms. The molecule has 0 fully saturated rings. The van der Waals surface area contributed by atoms with Gasteiger partial charge in [0.25, 0.3) is 0 Å². The van der Waals surface area contributed by atoms with E-state index in [1.54, 1.807) is 6.07 Å². The minimum absolute atomic E-state index is 0.0968. The van der Waals surface area contributed by atoms with Crippen molar-refractivity contribution in [3.63, 3.8) is 0 Å². The highest BCUT2D eigenvalue weighted by molar-refractivity contribution is 9.10. The summed E-state index contributed by atoms with van der Waals surface area (Å²) in [6, 6.07) is 3.54. The molecule has 0 spiro atoms. The third kappa shape index (κ3) is 2.05. The Bertz CT molecular complexity index is 402. The van der Waals surface area contributed by atoms with Crippen molar-refractivity contribution in [1.82, 2.24) is 4.98 Å². The molecule has 0 aromatic carbocycles. The van der Waals surface area contributed by atoms with Crippen LogP contribution in [0.3, 0.4) is 0 Å². The minimum Gasteiger partial charge on any atom is -0.504 e. The molecule has 74 valence electrons. The second kappa shape index (κ2) is 3.58. The van der Waals surface area contributed by atoms with Gasteiger partial charge in [0.15, 0.2) is 5.75 Å². The number of aromatic nitrogens is 1. The topological polar surface area (TPSA) is 56.9 Å². The van der Waals surface area contributed by atoms with E-state index in [0.29, 0.717) is 4.60 Å². The van der Waals surface area contributed by atoms with Gasteiger partial charge in [-0.15, -0.1) is 0 Å². The summed E-state index contributed by atoms with van der Waals surface area (Å²) >= 11 is 3.12. The van der Waals surface area contributed by atoms with Crippen LogP contribution in [0.15, 0.2) is 10.7 Å². The summed E-state index contributed by atoms with van der Waals surface area (Å²) in [4.78, 5) is 4.17. The van der Waals surface area contributed by atoms with E-state index in [1.807, 2.05) is 26.8 Å². The van der Waals surface area contributed by atoms with Crippen LogP contribution in [0.1, 0.15) is 32.0 Å². The molecule has 4 heteroatoms. The van der Waals surface area contributed by atoms with Crippen molar-refractivity contribution in [3.05, 3.63) is 21.9 Å². The molecule has 1 aromatic heterocycles. The Kier molecular flexibility index (Phi) is 2.81. The molecule has 0 atom stereocenters. The van der Waals surface area contributed by atoms with Crippen molar-refractivity contribution >= 4 is 15.9 Å². The number of hydrogen-bond acceptors (Lipinski definition) is 3. The van der Waals surface area contributed by atoms with Crippen LogP contribution < -0.4 is 0 Å². The maximum Gasteiger partial charge on any atom is 0.166 e. The summed E-state index contributed by atoms with van der Waals surface area (Å²) in [5.41, 5.74) is 0.887. The molecule has 0 aliphatic rings. The van der Waals surface area contributed by atoms with Gasteiger partial charge in [0.05, 0.1) is 5.56 Å². The highest BCUT2D eigenvalue weighted by Crippen LogP contribution is 2.30. The van der Waals surface area contributed by atoms with Crippen molar-refractivity contribution in [3.8, 4) is 11.8 Å². The van der Waals surface area contributed by atoms with Crippen molar-refractivity contribution < 1.29 is 5.11 Å². The average Bonchev–Trinajstić information content (AvgIpc) is 2.07. The molecule has 0 amide bonds. The number of aromatic hydroxyl groups is 1. The van der Waals surface area contributed by atoms with Gasteiger partial charge in [-0.2, -0.15) is 5.26 Å². The second-order valence-electron chi connectivity index (χ2n) is 4.06. The van der Waals surface area contributed by atoms with E-state index >= 15 is 0 Å². The number of nitriles is 1. The number of hydrogen-bond donors (Lipinski definition) is 1. The van der Waals surface area contributed by atoms with E-state index in [0.717, 1.165) is 5.69 Å². The van der Waals surface area contributed by atoms with Gasteiger partial charge in [-0.05, 0) is 22.0 Å². The number of pyridine rings is 1. The largest absolute Gasteiger partial charge is 0.504 e. The zero-order valence-corrected chi connectivity index (χ0v) is 9.88. The zero-order valence-electron chi connectivity index (χ0n) is 8.30. The van der Waals surface area contributed by atoms with Crippen LogP contribution in [0, 0.1) is 11.3 Å². The smallest absolute Gasteiger partial charge is 0.166 e. The number of nitrogens with zero attached hydrogens (tertiary/aromatic N) is 2. The third-order valence-electron chi connectivity index (χ3n) is 1.84. The lowest BCUT2D eigenvalue weighted by molar-refractivity contribution is 0.463. The summed E-state index contributed by atoms with van der Waals surface area (Å²) in [5.74, 6) is -0.0968. The van der Waals surface area contributed by atoms with Crippen molar-refractivity contribution in [2.75, 3.05) is 0 Å². The fourth-order valence-electron chi connectivity index (χ4n) is 0.977. The molecule has 14 heavy (non-hydrogen) atoms. The predicted molar refractivity (Wildman–Crippen MR) is 57.0 cm³/mol. The first-order chi connectivity index (χ1) is 6.36. The van der Waals surface area contributed by atoms with Crippen LogP contribution in [0.5, 0.6) is 5.75 Å². The Labute approximate surface area is 91.5 Å². The van der Waals surface area contributed by atoms with Gasteiger partial charge < -0.3 is 5.11 Å². The summed E-state index contributed by atoms with van der Waals surface area (Å²) in [7, 11) is 0. The maximum absolute atomic E-state index is 9.46. The van der Waals surface area contributed by atoms with E-state index in [2.05, 4.69) is 20.9 Å². The Morgan fingerprint density at radius 1 is 1.50 bits per heavy atom. The number of rotatable bonds is 0. The Morgan fingerprint density at radius 3 is 2.50 bits per heavy atom. The van der Waals surface area contributed by atoms with E-state index < -0.39 is 0 Å². The molecule has 0 unspecified atom stereocenters. The predicted octanol–water partition coefficient (Wildman–Crippen LogP) is 2.72.